The molecule has 0 radical (unpaired) electrons. The van der Waals surface area contributed by atoms with Gasteiger partial charge >= 0.3 is 5.97 Å². The van der Waals surface area contributed by atoms with Crippen molar-refractivity contribution in [2.24, 2.45) is 5.92 Å². The summed E-state index contributed by atoms with van der Waals surface area (Å²) in [7, 11) is 0. The predicted molar refractivity (Wildman–Crippen MR) is 111 cm³/mol. The van der Waals surface area contributed by atoms with Gasteiger partial charge in [0.05, 0.1) is 5.92 Å². The number of aliphatic carboxylic acids is 1. The zero-order valence-electron chi connectivity index (χ0n) is 16.6. The van der Waals surface area contributed by atoms with E-state index in [-0.39, 0.29) is 0 Å². The third-order valence-corrected chi connectivity index (χ3v) is 7.12. The van der Waals surface area contributed by atoms with Crippen molar-refractivity contribution in [1.82, 2.24) is 4.90 Å². The standard InChI is InChI=1S/C21H27NO2S2/c1-14(6-10-22-9-4-5-17(13-22)21(23)24)18(19-15(2)7-11-25-19)20-16(3)8-12-26-20/h7-8,11-12,17H,4-6,9-10,13H2,1-3H3,(H,23,24)/i13T/t13-,17?/m1/s1. The van der Waals surface area contributed by atoms with E-state index in [1.54, 1.807) is 22.7 Å². The molecular formula is C21H27NO2S2. The van der Waals surface area contributed by atoms with Crippen LogP contribution < -0.4 is 0 Å². The summed E-state index contributed by atoms with van der Waals surface area (Å²) in [5, 5.41) is 13.6. The average Bonchev–Trinajstić information content (AvgIpc) is 3.23. The molecule has 1 fully saturated rings. The SMILES string of the molecule is [3H][C@@H]1C(C(=O)O)CCCN1CCC(C)=C(c1sccc1C)c1sccc1C. The van der Waals surface area contributed by atoms with Crippen LogP contribution in [0.25, 0.3) is 5.57 Å². The summed E-state index contributed by atoms with van der Waals surface area (Å²) in [5.41, 5.74) is 5.23. The molecular weight excluding hydrogens is 362 g/mol. The van der Waals surface area contributed by atoms with Crippen LogP contribution in [0.1, 0.15) is 48.4 Å². The van der Waals surface area contributed by atoms with E-state index in [1.807, 2.05) is 4.90 Å². The fraction of sp³-hybridized carbons (Fsp3) is 0.476. The summed E-state index contributed by atoms with van der Waals surface area (Å²) in [6.45, 7) is 7.41. The van der Waals surface area contributed by atoms with E-state index < -0.39 is 18.4 Å². The van der Waals surface area contributed by atoms with Gasteiger partial charge in [-0.3, -0.25) is 4.79 Å². The summed E-state index contributed by atoms with van der Waals surface area (Å²) >= 11 is 3.56. The summed E-state index contributed by atoms with van der Waals surface area (Å²) in [6, 6.07) is 4.33. The number of piperidine rings is 1. The van der Waals surface area contributed by atoms with Crippen LogP contribution in [0, 0.1) is 19.8 Å². The molecule has 0 amide bonds. The van der Waals surface area contributed by atoms with Crippen LogP contribution in [0.3, 0.4) is 0 Å². The number of hydrogen-bond donors (Lipinski definition) is 1. The molecule has 0 aromatic carbocycles. The number of carbonyl (C=O) groups is 1. The van der Waals surface area contributed by atoms with E-state index in [0.29, 0.717) is 6.42 Å². The van der Waals surface area contributed by atoms with Gasteiger partial charge in [0.1, 0.15) is 0 Å². The Morgan fingerprint density at radius 2 is 1.88 bits per heavy atom. The van der Waals surface area contributed by atoms with Gasteiger partial charge in [0, 0.05) is 29.8 Å². The minimum atomic E-state index is -0.837. The van der Waals surface area contributed by atoms with Gasteiger partial charge in [-0.15, -0.1) is 22.7 Å². The van der Waals surface area contributed by atoms with Gasteiger partial charge in [0.25, 0.3) is 0 Å². The quantitative estimate of drug-likeness (QED) is 0.713. The highest BCUT2D eigenvalue weighted by Gasteiger charge is 2.25. The molecule has 5 heteroatoms. The predicted octanol–water partition coefficient (Wildman–Crippen LogP) is 5.43. The molecule has 2 aromatic heterocycles. The normalized spacial score (nSPS) is 21.4. The van der Waals surface area contributed by atoms with Gasteiger partial charge in [-0.05, 0) is 80.6 Å². The van der Waals surface area contributed by atoms with Crippen LogP contribution in [0.2, 0.25) is 0 Å². The lowest BCUT2D eigenvalue weighted by Gasteiger charge is -2.30. The van der Waals surface area contributed by atoms with Crippen molar-refractivity contribution in [2.45, 2.75) is 40.0 Å². The highest BCUT2D eigenvalue weighted by molar-refractivity contribution is 7.14. The first kappa shape index (κ1) is 18.0. The minimum Gasteiger partial charge on any atom is -0.481 e. The molecule has 1 aliphatic rings. The molecule has 3 heterocycles. The second kappa shape index (κ2) is 8.51. The van der Waals surface area contributed by atoms with Gasteiger partial charge < -0.3 is 10.0 Å². The lowest BCUT2D eigenvalue weighted by atomic mass is 9.96. The lowest BCUT2D eigenvalue weighted by Crippen LogP contribution is -2.39. The first-order valence-electron chi connectivity index (χ1n) is 9.65. The molecule has 0 saturated carbocycles. The van der Waals surface area contributed by atoms with Crippen molar-refractivity contribution >= 4 is 34.2 Å². The monoisotopic (exact) mass is 391 g/mol. The Balaban J connectivity index is 1.84. The molecule has 3 nitrogen and oxygen atoms in total. The van der Waals surface area contributed by atoms with Crippen LogP contribution in [0.5, 0.6) is 0 Å². The van der Waals surface area contributed by atoms with Crippen molar-refractivity contribution < 1.29 is 11.3 Å². The van der Waals surface area contributed by atoms with Crippen LogP contribution in [0.15, 0.2) is 28.5 Å². The third-order valence-electron chi connectivity index (χ3n) is 5.05. The molecule has 1 aliphatic heterocycles. The first-order valence-corrected chi connectivity index (χ1v) is 10.8. The zero-order chi connectivity index (χ0) is 19.6. The van der Waals surface area contributed by atoms with Crippen molar-refractivity contribution in [2.75, 3.05) is 19.6 Å². The van der Waals surface area contributed by atoms with Crippen LogP contribution in [-0.2, 0) is 4.79 Å². The van der Waals surface area contributed by atoms with Crippen LogP contribution in [0.4, 0.5) is 0 Å². The van der Waals surface area contributed by atoms with E-state index in [1.165, 1.54) is 32.0 Å². The Labute approximate surface area is 165 Å². The van der Waals surface area contributed by atoms with Gasteiger partial charge in [-0.25, -0.2) is 0 Å². The highest BCUT2D eigenvalue weighted by atomic mass is 32.1. The Kier molecular flexibility index (Phi) is 5.88. The van der Waals surface area contributed by atoms with E-state index in [4.69, 9.17) is 1.37 Å². The molecule has 140 valence electrons. The van der Waals surface area contributed by atoms with E-state index in [9.17, 15) is 9.90 Å². The lowest BCUT2D eigenvalue weighted by molar-refractivity contribution is -0.143. The summed E-state index contributed by atoms with van der Waals surface area (Å²) in [6.07, 6.45) is 2.32. The second-order valence-electron chi connectivity index (χ2n) is 7.04. The second-order valence-corrected chi connectivity index (χ2v) is 8.88. The summed E-state index contributed by atoms with van der Waals surface area (Å²) in [4.78, 5) is 16.1. The molecule has 2 atom stereocenters. The Morgan fingerprint density at radius 1 is 1.27 bits per heavy atom. The number of nitrogens with zero attached hydrogens (tertiary/aromatic N) is 1. The van der Waals surface area contributed by atoms with Gasteiger partial charge in [-0.1, -0.05) is 5.57 Å². The average molecular weight is 392 g/mol. The Bertz CT molecular complexity index is 797. The Hall–Kier alpha value is -1.43. The molecule has 0 bridgehead atoms. The number of carboxylic acids is 1. The van der Waals surface area contributed by atoms with Crippen molar-refractivity contribution in [3.63, 3.8) is 0 Å². The number of likely N-dealkylation sites (tertiary alicyclic amines) is 1. The van der Waals surface area contributed by atoms with Gasteiger partial charge in [0.2, 0.25) is 0 Å². The van der Waals surface area contributed by atoms with Crippen molar-refractivity contribution in [3.8, 4) is 0 Å². The molecule has 1 unspecified atom stereocenters. The summed E-state index contributed by atoms with van der Waals surface area (Å²) in [5.74, 6) is -1.40. The number of carboxylic acid groups (broad SMARTS) is 1. The van der Waals surface area contributed by atoms with E-state index in [0.717, 1.165) is 25.9 Å². The first-order chi connectivity index (χ1) is 12.9. The number of thiophene rings is 2. The molecule has 3 rings (SSSR count). The number of aryl methyl sites for hydroxylation is 2. The fourth-order valence-electron chi connectivity index (χ4n) is 3.48. The smallest absolute Gasteiger partial charge is 0.307 e. The maximum atomic E-state index is 11.4. The molecule has 1 saturated heterocycles. The topological polar surface area (TPSA) is 40.5 Å². The molecule has 0 aliphatic carbocycles. The maximum absolute atomic E-state index is 11.4. The molecule has 0 spiro atoms. The molecule has 1 N–H and O–H groups in total. The maximum Gasteiger partial charge on any atom is 0.307 e. The van der Waals surface area contributed by atoms with Gasteiger partial charge in [0.15, 0.2) is 0 Å². The van der Waals surface area contributed by atoms with Crippen molar-refractivity contribution in [3.05, 3.63) is 49.3 Å². The minimum absolute atomic E-state index is 0.568. The molecule has 2 aromatic rings. The third kappa shape index (κ3) is 4.27. The van der Waals surface area contributed by atoms with E-state index in [2.05, 4.69) is 43.7 Å². The summed E-state index contributed by atoms with van der Waals surface area (Å²) < 4.78 is 8.35. The zero-order valence-corrected chi connectivity index (χ0v) is 17.3. The highest BCUT2D eigenvalue weighted by Crippen LogP contribution is 2.38. The number of rotatable bonds is 6. The van der Waals surface area contributed by atoms with Crippen LogP contribution >= 0.6 is 22.7 Å². The Morgan fingerprint density at radius 3 is 2.38 bits per heavy atom. The molecule has 26 heavy (non-hydrogen) atoms. The van der Waals surface area contributed by atoms with E-state index >= 15 is 0 Å². The van der Waals surface area contributed by atoms with Gasteiger partial charge in [-0.2, -0.15) is 0 Å². The largest absolute Gasteiger partial charge is 0.481 e. The van der Waals surface area contributed by atoms with Crippen LogP contribution in [-0.4, -0.2) is 35.6 Å². The fourth-order valence-corrected chi connectivity index (χ4v) is 5.65. The number of hydrogen-bond acceptors (Lipinski definition) is 4. The van der Waals surface area contributed by atoms with Crippen molar-refractivity contribution in [1.29, 1.82) is 0 Å².